The lowest BCUT2D eigenvalue weighted by atomic mass is 10.1. The predicted molar refractivity (Wildman–Crippen MR) is 82.7 cm³/mol. The summed E-state index contributed by atoms with van der Waals surface area (Å²) in [5.74, 6) is 0.820. The third-order valence-electron chi connectivity index (χ3n) is 3.67. The van der Waals surface area contributed by atoms with Crippen LogP contribution in [0.2, 0.25) is 0 Å². The van der Waals surface area contributed by atoms with Crippen molar-refractivity contribution in [2.45, 2.75) is 13.2 Å². The number of hydrogen-bond donors (Lipinski definition) is 1. The summed E-state index contributed by atoms with van der Waals surface area (Å²) in [6.45, 7) is 1.36. The number of ether oxygens (including phenoxy) is 1. The maximum atomic E-state index is 5.47. The van der Waals surface area contributed by atoms with Crippen LogP contribution >= 0.6 is 12.2 Å². The molecule has 21 heavy (non-hydrogen) atoms. The molecule has 0 saturated heterocycles. The largest absolute Gasteiger partial charge is 0.372 e. The Balaban J connectivity index is 1.89. The average molecular weight is 295 g/mol. The van der Waals surface area contributed by atoms with Gasteiger partial charge in [-0.1, -0.05) is 30.3 Å². The summed E-state index contributed by atoms with van der Waals surface area (Å²) in [7, 11) is 0. The topological polar surface area (TPSA) is 42.8 Å². The summed E-state index contributed by atoms with van der Waals surface area (Å²) in [4.78, 5) is 0. The highest BCUT2D eigenvalue weighted by Gasteiger charge is 2.15. The molecule has 0 saturated carbocycles. The molecule has 0 spiro atoms. The van der Waals surface area contributed by atoms with E-state index in [1.807, 2.05) is 34.9 Å². The van der Waals surface area contributed by atoms with Gasteiger partial charge in [0, 0.05) is 11.3 Å². The molecule has 4 nitrogen and oxygen atoms in total. The predicted octanol–water partition coefficient (Wildman–Crippen LogP) is 3.63. The lowest BCUT2D eigenvalue weighted by molar-refractivity contribution is 0.134. The van der Waals surface area contributed by atoms with Crippen molar-refractivity contribution in [1.82, 2.24) is 14.8 Å². The number of aromatic nitrogens is 3. The van der Waals surface area contributed by atoms with Gasteiger partial charge in [0.05, 0.1) is 13.2 Å². The van der Waals surface area contributed by atoms with Crippen LogP contribution < -0.4 is 0 Å². The first-order valence-corrected chi connectivity index (χ1v) is 7.16. The Labute approximate surface area is 127 Å². The van der Waals surface area contributed by atoms with Gasteiger partial charge in [-0.15, -0.1) is 0 Å². The highest BCUT2D eigenvalue weighted by Crippen LogP contribution is 2.27. The molecule has 4 rings (SSSR count). The fourth-order valence-electron chi connectivity index (χ4n) is 2.62. The summed E-state index contributed by atoms with van der Waals surface area (Å²) in [6.07, 6.45) is 0. The zero-order valence-corrected chi connectivity index (χ0v) is 12.1. The smallest absolute Gasteiger partial charge is 0.200 e. The molecule has 0 amide bonds. The minimum absolute atomic E-state index is 0.591. The highest BCUT2D eigenvalue weighted by molar-refractivity contribution is 7.71. The van der Waals surface area contributed by atoms with Crippen molar-refractivity contribution < 1.29 is 4.74 Å². The maximum absolute atomic E-state index is 5.47. The molecule has 1 aliphatic heterocycles. The normalized spacial score (nSPS) is 13.3. The van der Waals surface area contributed by atoms with Crippen molar-refractivity contribution in [3.05, 3.63) is 64.4 Å². The van der Waals surface area contributed by atoms with Crippen LogP contribution in [0.25, 0.3) is 17.1 Å². The van der Waals surface area contributed by atoms with Crippen molar-refractivity contribution in [2.75, 3.05) is 0 Å². The van der Waals surface area contributed by atoms with Crippen molar-refractivity contribution in [2.24, 2.45) is 0 Å². The fourth-order valence-corrected chi connectivity index (χ4v) is 2.86. The van der Waals surface area contributed by atoms with Crippen molar-refractivity contribution in [3.63, 3.8) is 0 Å². The van der Waals surface area contributed by atoms with Crippen LogP contribution in [0.3, 0.4) is 0 Å². The maximum Gasteiger partial charge on any atom is 0.200 e. The third-order valence-corrected chi connectivity index (χ3v) is 3.94. The standard InChI is InChI=1S/C16H13N3OS/c21-16-18-17-15(19(16)14-4-2-1-3-5-14)11-6-7-12-9-20-10-13(12)8-11/h1-8H,9-10H2,(H,18,21). The number of hydrogen-bond acceptors (Lipinski definition) is 3. The number of para-hydroxylation sites is 1. The quantitative estimate of drug-likeness (QED) is 0.734. The van der Waals surface area contributed by atoms with Gasteiger partial charge in [0.2, 0.25) is 0 Å². The first kappa shape index (κ1) is 12.5. The van der Waals surface area contributed by atoms with Gasteiger partial charge in [-0.2, -0.15) is 5.10 Å². The van der Waals surface area contributed by atoms with Gasteiger partial charge < -0.3 is 4.74 Å². The van der Waals surface area contributed by atoms with Crippen LogP contribution in [0.15, 0.2) is 48.5 Å². The summed E-state index contributed by atoms with van der Waals surface area (Å²) < 4.78 is 8.01. The van der Waals surface area contributed by atoms with Gasteiger partial charge in [0.15, 0.2) is 10.6 Å². The summed E-state index contributed by atoms with van der Waals surface area (Å²) >= 11 is 5.37. The third kappa shape index (κ3) is 2.11. The molecule has 2 heterocycles. The van der Waals surface area contributed by atoms with Crippen LogP contribution in [-0.2, 0) is 18.0 Å². The molecule has 104 valence electrons. The molecule has 0 aliphatic carbocycles. The van der Waals surface area contributed by atoms with E-state index in [1.54, 1.807) is 0 Å². The molecule has 0 atom stereocenters. The van der Waals surface area contributed by atoms with Gasteiger partial charge in [-0.25, -0.2) is 0 Å². The number of fused-ring (bicyclic) bond motifs is 1. The van der Waals surface area contributed by atoms with Gasteiger partial charge in [0.1, 0.15) is 0 Å². The first-order chi connectivity index (χ1) is 10.3. The molecule has 1 N–H and O–H groups in total. The first-order valence-electron chi connectivity index (χ1n) is 6.76. The van der Waals surface area contributed by atoms with Gasteiger partial charge >= 0.3 is 0 Å². The monoisotopic (exact) mass is 295 g/mol. The Hall–Kier alpha value is -2.24. The Bertz CT molecular complexity index is 851. The lowest BCUT2D eigenvalue weighted by Gasteiger charge is -2.07. The Morgan fingerprint density at radius 2 is 1.86 bits per heavy atom. The Morgan fingerprint density at radius 3 is 2.71 bits per heavy atom. The number of aromatic amines is 1. The van der Waals surface area contributed by atoms with Gasteiger partial charge in [0.25, 0.3) is 0 Å². The molecular weight excluding hydrogens is 282 g/mol. The van der Waals surface area contributed by atoms with Crippen molar-refractivity contribution in [1.29, 1.82) is 0 Å². The fraction of sp³-hybridized carbons (Fsp3) is 0.125. The summed E-state index contributed by atoms with van der Waals surface area (Å²) in [6, 6.07) is 16.3. The Morgan fingerprint density at radius 1 is 1.05 bits per heavy atom. The zero-order chi connectivity index (χ0) is 14.2. The van der Waals surface area contributed by atoms with Crippen LogP contribution in [0.5, 0.6) is 0 Å². The Kier molecular flexibility index (Phi) is 2.94. The minimum Gasteiger partial charge on any atom is -0.372 e. The molecule has 0 unspecified atom stereocenters. The molecular formula is C16H13N3OS. The van der Waals surface area contributed by atoms with E-state index in [2.05, 4.69) is 28.4 Å². The summed E-state index contributed by atoms with van der Waals surface area (Å²) in [5, 5.41) is 7.28. The van der Waals surface area contributed by atoms with Crippen LogP contribution in [-0.4, -0.2) is 14.8 Å². The molecule has 1 aliphatic rings. The van der Waals surface area contributed by atoms with E-state index in [9.17, 15) is 0 Å². The highest BCUT2D eigenvalue weighted by atomic mass is 32.1. The summed E-state index contributed by atoms with van der Waals surface area (Å²) in [5.41, 5.74) is 4.51. The van der Waals surface area contributed by atoms with Gasteiger partial charge in [-0.3, -0.25) is 9.67 Å². The molecule has 0 bridgehead atoms. The second-order valence-corrected chi connectivity index (χ2v) is 5.39. The van der Waals surface area contributed by atoms with Gasteiger partial charge in [-0.05, 0) is 41.5 Å². The van der Waals surface area contributed by atoms with E-state index < -0.39 is 0 Å². The van der Waals surface area contributed by atoms with Crippen LogP contribution in [0, 0.1) is 4.77 Å². The van der Waals surface area contributed by atoms with E-state index in [0.717, 1.165) is 17.1 Å². The van der Waals surface area contributed by atoms with Crippen LogP contribution in [0.1, 0.15) is 11.1 Å². The molecule has 5 heteroatoms. The van der Waals surface area contributed by atoms with Crippen molar-refractivity contribution >= 4 is 12.2 Å². The number of H-pyrrole nitrogens is 1. The number of nitrogens with zero attached hydrogens (tertiary/aromatic N) is 2. The average Bonchev–Trinajstić information content (AvgIpc) is 3.13. The van der Waals surface area contributed by atoms with E-state index >= 15 is 0 Å². The van der Waals surface area contributed by atoms with Crippen LogP contribution in [0.4, 0.5) is 0 Å². The molecule has 1 aromatic heterocycles. The lowest BCUT2D eigenvalue weighted by Crippen LogP contribution is -1.98. The van der Waals surface area contributed by atoms with E-state index in [1.165, 1.54) is 11.1 Å². The second kappa shape index (κ2) is 4.95. The zero-order valence-electron chi connectivity index (χ0n) is 11.2. The van der Waals surface area contributed by atoms with E-state index in [-0.39, 0.29) is 0 Å². The molecule has 3 aromatic rings. The van der Waals surface area contributed by atoms with E-state index in [0.29, 0.717) is 18.0 Å². The molecule has 0 radical (unpaired) electrons. The molecule has 2 aromatic carbocycles. The second-order valence-electron chi connectivity index (χ2n) is 5.00. The number of rotatable bonds is 2. The minimum atomic E-state index is 0.591. The number of nitrogens with one attached hydrogen (secondary N) is 1. The van der Waals surface area contributed by atoms with Crippen molar-refractivity contribution in [3.8, 4) is 17.1 Å². The number of benzene rings is 2. The SMILES string of the molecule is S=c1[nH]nc(-c2ccc3c(c2)COC3)n1-c1ccccc1. The van der Waals surface area contributed by atoms with E-state index in [4.69, 9.17) is 17.0 Å². The molecule has 0 fully saturated rings.